The predicted octanol–water partition coefficient (Wildman–Crippen LogP) is 2.85. The molecule has 1 aliphatic heterocycles. The number of amides is 2. The van der Waals surface area contributed by atoms with Gasteiger partial charge in [-0.3, -0.25) is 0 Å². The number of urea groups is 1. The summed E-state index contributed by atoms with van der Waals surface area (Å²) >= 11 is 0. The van der Waals surface area contributed by atoms with Crippen LogP contribution in [0.5, 0.6) is 0 Å². The van der Waals surface area contributed by atoms with Gasteiger partial charge in [-0.25, -0.2) is 4.79 Å². The van der Waals surface area contributed by atoms with Crippen molar-refractivity contribution in [1.82, 2.24) is 10.2 Å². The number of nitrogens with one attached hydrogen (secondary N) is 2. The van der Waals surface area contributed by atoms with Crippen molar-refractivity contribution >= 4 is 11.7 Å². The van der Waals surface area contributed by atoms with Gasteiger partial charge in [-0.1, -0.05) is 32.0 Å². The lowest BCUT2D eigenvalue weighted by atomic mass is 10.2. The fourth-order valence-corrected chi connectivity index (χ4v) is 2.11. The summed E-state index contributed by atoms with van der Waals surface area (Å²) in [7, 11) is 2.07. The molecular weight excluding hydrogens is 238 g/mol. The van der Waals surface area contributed by atoms with Crippen molar-refractivity contribution in [3.05, 3.63) is 29.8 Å². The van der Waals surface area contributed by atoms with Gasteiger partial charge in [-0.2, -0.15) is 0 Å². The number of nitrogens with zero attached hydrogens (tertiary/aromatic N) is 1. The van der Waals surface area contributed by atoms with Gasteiger partial charge in [0.2, 0.25) is 0 Å². The lowest BCUT2D eigenvalue weighted by molar-refractivity contribution is 0.248. The molecule has 1 aromatic carbocycles. The van der Waals surface area contributed by atoms with E-state index in [4.69, 9.17) is 0 Å². The number of rotatable bonds is 2. The van der Waals surface area contributed by atoms with Crippen molar-refractivity contribution in [2.24, 2.45) is 0 Å². The minimum Gasteiger partial charge on any atom is -0.334 e. The second kappa shape index (κ2) is 7.79. The third-order valence-corrected chi connectivity index (χ3v) is 3.12. The fraction of sp³-hybridized carbons (Fsp3) is 0.533. The van der Waals surface area contributed by atoms with Crippen LogP contribution < -0.4 is 10.6 Å². The van der Waals surface area contributed by atoms with Crippen LogP contribution >= 0.6 is 0 Å². The van der Waals surface area contributed by atoms with E-state index < -0.39 is 0 Å². The molecule has 2 amide bonds. The third kappa shape index (κ3) is 4.91. The minimum absolute atomic E-state index is 0.111. The summed E-state index contributed by atoms with van der Waals surface area (Å²) < 4.78 is 0. The van der Waals surface area contributed by atoms with Gasteiger partial charge in [0.15, 0.2) is 0 Å². The summed E-state index contributed by atoms with van der Waals surface area (Å²) in [5.74, 6) is 0. The SMILES string of the molecule is CC.Cc1ccccc1NC(=O)NC1CCN(C)C1. The number of carbonyl (C=O) groups excluding carboxylic acids is 1. The van der Waals surface area contributed by atoms with Crippen molar-refractivity contribution in [2.45, 2.75) is 33.2 Å². The highest BCUT2D eigenvalue weighted by Gasteiger charge is 2.20. The van der Waals surface area contributed by atoms with Crippen molar-refractivity contribution in [1.29, 1.82) is 0 Å². The topological polar surface area (TPSA) is 44.4 Å². The molecular formula is C15H25N3O. The Balaban J connectivity index is 0.000000861. The van der Waals surface area contributed by atoms with Gasteiger partial charge >= 0.3 is 6.03 Å². The molecule has 1 unspecified atom stereocenters. The van der Waals surface area contributed by atoms with E-state index in [0.29, 0.717) is 0 Å². The highest BCUT2D eigenvalue weighted by Crippen LogP contribution is 2.13. The highest BCUT2D eigenvalue weighted by atomic mass is 16.2. The van der Waals surface area contributed by atoms with Crippen LogP contribution in [0.3, 0.4) is 0 Å². The first-order chi connectivity index (χ1) is 9.15. The van der Waals surface area contributed by atoms with E-state index in [2.05, 4.69) is 22.6 Å². The third-order valence-electron chi connectivity index (χ3n) is 3.12. The predicted molar refractivity (Wildman–Crippen MR) is 80.6 cm³/mol. The van der Waals surface area contributed by atoms with Crippen LogP contribution in [-0.2, 0) is 0 Å². The Kier molecular flexibility index (Phi) is 6.36. The summed E-state index contributed by atoms with van der Waals surface area (Å²) in [6, 6.07) is 7.94. The summed E-state index contributed by atoms with van der Waals surface area (Å²) in [6.07, 6.45) is 1.03. The van der Waals surface area contributed by atoms with Crippen LogP contribution in [0.2, 0.25) is 0 Å². The molecule has 1 aliphatic rings. The fourth-order valence-electron chi connectivity index (χ4n) is 2.11. The van der Waals surface area contributed by atoms with Gasteiger partial charge in [0, 0.05) is 18.3 Å². The number of hydrogen-bond acceptors (Lipinski definition) is 2. The van der Waals surface area contributed by atoms with Gasteiger partial charge in [0.25, 0.3) is 0 Å². The standard InChI is InChI=1S/C13H19N3O.C2H6/c1-10-5-3-4-6-12(10)15-13(17)14-11-7-8-16(2)9-11;1-2/h3-6,11H,7-9H2,1-2H3,(H2,14,15,17);1-2H3. The Hall–Kier alpha value is -1.55. The summed E-state index contributed by atoms with van der Waals surface area (Å²) in [6.45, 7) is 7.97. The number of hydrogen-bond donors (Lipinski definition) is 2. The van der Waals surface area contributed by atoms with Gasteiger partial charge in [0.1, 0.15) is 0 Å². The van der Waals surface area contributed by atoms with Crippen molar-refractivity contribution in [3.63, 3.8) is 0 Å². The maximum Gasteiger partial charge on any atom is 0.319 e. The van der Waals surface area contributed by atoms with Gasteiger partial charge in [0.05, 0.1) is 0 Å². The molecule has 0 radical (unpaired) electrons. The molecule has 1 atom stereocenters. The Labute approximate surface area is 116 Å². The molecule has 2 rings (SSSR count). The number of aryl methyl sites for hydroxylation is 1. The van der Waals surface area contributed by atoms with Gasteiger partial charge in [-0.05, 0) is 38.6 Å². The minimum atomic E-state index is -0.111. The summed E-state index contributed by atoms with van der Waals surface area (Å²) in [5, 5.41) is 5.88. The summed E-state index contributed by atoms with van der Waals surface area (Å²) in [4.78, 5) is 14.0. The zero-order chi connectivity index (χ0) is 14.3. The van der Waals surface area contributed by atoms with E-state index in [-0.39, 0.29) is 12.1 Å². The second-order valence-electron chi connectivity index (χ2n) is 4.66. The average Bonchev–Trinajstić information content (AvgIpc) is 2.80. The molecule has 106 valence electrons. The quantitative estimate of drug-likeness (QED) is 0.861. The van der Waals surface area contributed by atoms with E-state index in [0.717, 1.165) is 30.8 Å². The molecule has 4 nitrogen and oxygen atoms in total. The van der Waals surface area contributed by atoms with Crippen molar-refractivity contribution < 1.29 is 4.79 Å². The Morgan fingerprint density at radius 3 is 2.58 bits per heavy atom. The molecule has 19 heavy (non-hydrogen) atoms. The van der Waals surface area contributed by atoms with E-state index in [9.17, 15) is 4.79 Å². The molecule has 0 aliphatic carbocycles. The lowest BCUT2D eigenvalue weighted by Gasteiger charge is -2.14. The molecule has 0 spiro atoms. The highest BCUT2D eigenvalue weighted by molar-refractivity contribution is 5.90. The molecule has 1 saturated heterocycles. The average molecular weight is 263 g/mol. The molecule has 4 heteroatoms. The Morgan fingerprint density at radius 2 is 2.00 bits per heavy atom. The number of likely N-dealkylation sites (N-methyl/N-ethyl adjacent to an activating group) is 1. The number of carbonyl (C=O) groups is 1. The first-order valence-electron chi connectivity index (χ1n) is 6.97. The molecule has 1 fully saturated rings. The normalized spacial score (nSPS) is 18.4. The lowest BCUT2D eigenvalue weighted by Crippen LogP contribution is -2.39. The molecule has 0 aromatic heterocycles. The van der Waals surface area contributed by atoms with Gasteiger partial charge < -0.3 is 15.5 Å². The summed E-state index contributed by atoms with van der Waals surface area (Å²) in [5.41, 5.74) is 1.95. The second-order valence-corrected chi connectivity index (χ2v) is 4.66. The molecule has 0 bridgehead atoms. The zero-order valence-electron chi connectivity index (χ0n) is 12.4. The number of anilines is 1. The van der Waals surface area contributed by atoms with Crippen LogP contribution in [0, 0.1) is 6.92 Å². The smallest absolute Gasteiger partial charge is 0.319 e. The Bertz CT molecular complexity index is 406. The maximum absolute atomic E-state index is 11.8. The molecule has 1 heterocycles. The molecule has 1 aromatic rings. The van der Waals surface area contributed by atoms with E-state index in [1.54, 1.807) is 0 Å². The van der Waals surface area contributed by atoms with E-state index >= 15 is 0 Å². The zero-order valence-corrected chi connectivity index (χ0v) is 12.4. The van der Waals surface area contributed by atoms with E-state index in [1.165, 1.54) is 0 Å². The largest absolute Gasteiger partial charge is 0.334 e. The molecule has 2 N–H and O–H groups in total. The van der Waals surface area contributed by atoms with Gasteiger partial charge in [-0.15, -0.1) is 0 Å². The first-order valence-corrected chi connectivity index (χ1v) is 6.97. The first kappa shape index (κ1) is 15.5. The van der Waals surface area contributed by atoms with E-state index in [1.807, 2.05) is 45.0 Å². The molecule has 0 saturated carbocycles. The Morgan fingerprint density at radius 1 is 1.32 bits per heavy atom. The van der Waals surface area contributed by atoms with Crippen LogP contribution in [0.25, 0.3) is 0 Å². The van der Waals surface area contributed by atoms with Crippen LogP contribution in [0.4, 0.5) is 10.5 Å². The number of benzene rings is 1. The monoisotopic (exact) mass is 263 g/mol. The van der Waals surface area contributed by atoms with Crippen molar-refractivity contribution in [2.75, 3.05) is 25.5 Å². The van der Waals surface area contributed by atoms with Crippen LogP contribution in [-0.4, -0.2) is 37.1 Å². The van der Waals surface area contributed by atoms with Crippen molar-refractivity contribution in [3.8, 4) is 0 Å². The number of likely N-dealkylation sites (tertiary alicyclic amines) is 1. The van der Waals surface area contributed by atoms with Crippen LogP contribution in [0.1, 0.15) is 25.8 Å². The maximum atomic E-state index is 11.8. The van der Waals surface area contributed by atoms with Crippen LogP contribution in [0.15, 0.2) is 24.3 Å². The number of para-hydroxylation sites is 1.